The summed E-state index contributed by atoms with van der Waals surface area (Å²) >= 11 is 0. The summed E-state index contributed by atoms with van der Waals surface area (Å²) in [6, 6.07) is 10.4. The van der Waals surface area contributed by atoms with Gasteiger partial charge in [-0.25, -0.2) is 4.68 Å². The standard InChI is InChI=1S/C19H28N6O.HI/c1-20-19(22-10-12-24-13-15-26-16-14-24)21-9-7-17-3-5-18(6-4-17)25-11-2-8-23-25;/h2-6,8,11H,7,9-10,12-16H2,1H3,(H2,20,21,22);1H. The lowest BCUT2D eigenvalue weighted by Gasteiger charge is -2.26. The molecule has 148 valence electrons. The Morgan fingerprint density at radius 2 is 1.89 bits per heavy atom. The third-order valence-electron chi connectivity index (χ3n) is 4.46. The van der Waals surface area contributed by atoms with Crippen LogP contribution in [-0.2, 0) is 11.2 Å². The molecule has 0 radical (unpaired) electrons. The van der Waals surface area contributed by atoms with Crippen molar-refractivity contribution in [3.05, 3.63) is 48.3 Å². The smallest absolute Gasteiger partial charge is 0.191 e. The average Bonchev–Trinajstić information content (AvgIpc) is 3.23. The number of nitrogens with zero attached hydrogens (tertiary/aromatic N) is 4. The van der Waals surface area contributed by atoms with Crippen LogP contribution in [0.25, 0.3) is 5.69 Å². The Hall–Kier alpha value is -1.65. The highest BCUT2D eigenvalue weighted by Crippen LogP contribution is 2.08. The number of morpholine rings is 1. The third kappa shape index (κ3) is 7.11. The van der Waals surface area contributed by atoms with Crippen LogP contribution in [0.4, 0.5) is 0 Å². The van der Waals surface area contributed by atoms with E-state index in [0.717, 1.165) is 64.0 Å². The summed E-state index contributed by atoms with van der Waals surface area (Å²) < 4.78 is 7.23. The van der Waals surface area contributed by atoms with E-state index in [0.29, 0.717) is 0 Å². The highest BCUT2D eigenvalue weighted by molar-refractivity contribution is 14.0. The maximum atomic E-state index is 5.37. The molecule has 27 heavy (non-hydrogen) atoms. The Bertz CT molecular complexity index is 668. The number of rotatable bonds is 7. The fourth-order valence-electron chi connectivity index (χ4n) is 2.94. The van der Waals surface area contributed by atoms with Gasteiger partial charge in [-0.05, 0) is 30.2 Å². The van der Waals surface area contributed by atoms with Gasteiger partial charge < -0.3 is 15.4 Å². The summed E-state index contributed by atoms with van der Waals surface area (Å²) in [5.41, 5.74) is 2.37. The molecule has 1 fully saturated rings. The van der Waals surface area contributed by atoms with E-state index in [4.69, 9.17) is 4.74 Å². The van der Waals surface area contributed by atoms with E-state index in [1.165, 1.54) is 5.56 Å². The van der Waals surface area contributed by atoms with Gasteiger partial charge in [-0.15, -0.1) is 24.0 Å². The van der Waals surface area contributed by atoms with Gasteiger partial charge in [0.25, 0.3) is 0 Å². The molecular weight excluding hydrogens is 455 g/mol. The number of halogens is 1. The summed E-state index contributed by atoms with van der Waals surface area (Å²) in [5.74, 6) is 0.853. The van der Waals surface area contributed by atoms with Gasteiger partial charge in [0.2, 0.25) is 0 Å². The van der Waals surface area contributed by atoms with Crippen LogP contribution < -0.4 is 10.6 Å². The maximum Gasteiger partial charge on any atom is 0.191 e. The molecule has 0 bridgehead atoms. The molecule has 0 saturated carbocycles. The minimum atomic E-state index is 0. The van der Waals surface area contributed by atoms with E-state index in [1.807, 2.05) is 24.0 Å². The molecular formula is C19H29IN6O. The van der Waals surface area contributed by atoms with E-state index in [2.05, 4.69) is 49.9 Å². The second-order valence-corrected chi connectivity index (χ2v) is 6.25. The van der Waals surface area contributed by atoms with Crippen LogP contribution in [0, 0.1) is 0 Å². The Kier molecular flexibility index (Phi) is 9.57. The van der Waals surface area contributed by atoms with Crippen molar-refractivity contribution in [2.24, 2.45) is 4.99 Å². The number of benzene rings is 1. The quantitative estimate of drug-likeness (QED) is 0.355. The number of aliphatic imine (C=N–C) groups is 1. The summed E-state index contributed by atoms with van der Waals surface area (Å²) in [6.45, 7) is 6.46. The Morgan fingerprint density at radius 1 is 1.15 bits per heavy atom. The number of hydrogen-bond donors (Lipinski definition) is 2. The van der Waals surface area contributed by atoms with Gasteiger partial charge in [0.05, 0.1) is 18.9 Å². The zero-order chi connectivity index (χ0) is 18.0. The van der Waals surface area contributed by atoms with Crippen molar-refractivity contribution in [3.63, 3.8) is 0 Å². The van der Waals surface area contributed by atoms with Gasteiger partial charge >= 0.3 is 0 Å². The van der Waals surface area contributed by atoms with Crippen molar-refractivity contribution < 1.29 is 4.74 Å². The van der Waals surface area contributed by atoms with Crippen LogP contribution in [-0.4, -0.2) is 73.6 Å². The minimum absolute atomic E-state index is 0. The number of guanidine groups is 1. The molecule has 1 aromatic heterocycles. The van der Waals surface area contributed by atoms with Crippen molar-refractivity contribution in [1.82, 2.24) is 25.3 Å². The molecule has 2 aromatic rings. The number of ether oxygens (including phenoxy) is 1. The van der Waals surface area contributed by atoms with Crippen molar-refractivity contribution in [2.45, 2.75) is 6.42 Å². The monoisotopic (exact) mass is 484 g/mol. The summed E-state index contributed by atoms with van der Waals surface area (Å²) in [7, 11) is 1.81. The first-order valence-corrected chi connectivity index (χ1v) is 9.19. The molecule has 2 N–H and O–H groups in total. The molecule has 0 atom stereocenters. The molecule has 0 aliphatic carbocycles. The SMILES string of the molecule is CN=C(NCCc1ccc(-n2cccn2)cc1)NCCN1CCOCC1.I. The normalized spacial score (nSPS) is 15.2. The van der Waals surface area contributed by atoms with Gasteiger partial charge in [-0.1, -0.05) is 12.1 Å². The lowest BCUT2D eigenvalue weighted by atomic mass is 10.1. The largest absolute Gasteiger partial charge is 0.379 e. The number of aromatic nitrogens is 2. The highest BCUT2D eigenvalue weighted by atomic mass is 127. The fraction of sp³-hybridized carbons (Fsp3) is 0.474. The van der Waals surface area contributed by atoms with Crippen molar-refractivity contribution in [2.75, 3.05) is 53.0 Å². The molecule has 3 rings (SSSR count). The summed E-state index contributed by atoms with van der Waals surface area (Å²) in [4.78, 5) is 6.70. The van der Waals surface area contributed by atoms with Crippen molar-refractivity contribution in [3.8, 4) is 5.69 Å². The number of nitrogens with one attached hydrogen (secondary N) is 2. The van der Waals surface area contributed by atoms with Crippen LogP contribution in [0.2, 0.25) is 0 Å². The molecule has 1 aromatic carbocycles. The highest BCUT2D eigenvalue weighted by Gasteiger charge is 2.09. The lowest BCUT2D eigenvalue weighted by Crippen LogP contribution is -2.44. The molecule has 0 amide bonds. The molecule has 0 spiro atoms. The maximum absolute atomic E-state index is 5.37. The topological polar surface area (TPSA) is 66.7 Å². The van der Waals surface area contributed by atoms with Crippen LogP contribution in [0.3, 0.4) is 0 Å². The third-order valence-corrected chi connectivity index (χ3v) is 4.46. The average molecular weight is 484 g/mol. The zero-order valence-corrected chi connectivity index (χ0v) is 18.1. The first-order valence-electron chi connectivity index (χ1n) is 9.19. The Morgan fingerprint density at radius 3 is 2.56 bits per heavy atom. The first kappa shape index (κ1) is 21.6. The van der Waals surface area contributed by atoms with Gasteiger partial charge in [0.1, 0.15) is 0 Å². The van der Waals surface area contributed by atoms with E-state index < -0.39 is 0 Å². The van der Waals surface area contributed by atoms with Gasteiger partial charge in [0.15, 0.2) is 5.96 Å². The summed E-state index contributed by atoms with van der Waals surface area (Å²) in [5, 5.41) is 11.0. The van der Waals surface area contributed by atoms with Gasteiger partial charge in [-0.3, -0.25) is 9.89 Å². The molecule has 7 nitrogen and oxygen atoms in total. The molecule has 0 unspecified atom stereocenters. The summed E-state index contributed by atoms with van der Waals surface area (Å²) in [6.07, 6.45) is 4.68. The second-order valence-electron chi connectivity index (χ2n) is 6.25. The second kappa shape index (κ2) is 11.9. The van der Waals surface area contributed by atoms with Crippen molar-refractivity contribution >= 4 is 29.9 Å². The predicted octanol–water partition coefficient (Wildman–Crippen LogP) is 1.53. The molecule has 8 heteroatoms. The van der Waals surface area contributed by atoms with Gasteiger partial charge in [0, 0.05) is 52.2 Å². The van der Waals surface area contributed by atoms with Gasteiger partial charge in [-0.2, -0.15) is 5.10 Å². The fourth-order valence-corrected chi connectivity index (χ4v) is 2.94. The van der Waals surface area contributed by atoms with E-state index >= 15 is 0 Å². The molecule has 1 saturated heterocycles. The van der Waals surface area contributed by atoms with E-state index in [-0.39, 0.29) is 24.0 Å². The Balaban J connectivity index is 0.00000261. The van der Waals surface area contributed by atoms with Crippen LogP contribution in [0.1, 0.15) is 5.56 Å². The van der Waals surface area contributed by atoms with Crippen LogP contribution >= 0.6 is 24.0 Å². The molecule has 1 aliphatic rings. The first-order chi connectivity index (χ1) is 12.8. The Labute approximate surface area is 178 Å². The van der Waals surface area contributed by atoms with E-state index in [9.17, 15) is 0 Å². The minimum Gasteiger partial charge on any atom is -0.379 e. The van der Waals surface area contributed by atoms with Crippen LogP contribution in [0.5, 0.6) is 0 Å². The predicted molar refractivity (Wildman–Crippen MR) is 119 cm³/mol. The van der Waals surface area contributed by atoms with Crippen molar-refractivity contribution in [1.29, 1.82) is 0 Å². The lowest BCUT2D eigenvalue weighted by molar-refractivity contribution is 0.0389. The number of hydrogen-bond acceptors (Lipinski definition) is 4. The molecule has 1 aliphatic heterocycles. The molecule has 2 heterocycles. The zero-order valence-electron chi connectivity index (χ0n) is 15.8. The van der Waals surface area contributed by atoms with Crippen LogP contribution in [0.15, 0.2) is 47.7 Å². The van der Waals surface area contributed by atoms with E-state index in [1.54, 1.807) is 6.20 Å².